The SMILES string of the molecule is CCCN(Cc1ccco1)Cc1c(C)nn(-c2ccc(F)cc2)c1N1CCN(C)CC1. The number of aromatic nitrogens is 2. The summed E-state index contributed by atoms with van der Waals surface area (Å²) in [6.45, 7) is 10.7. The molecule has 1 fully saturated rings. The van der Waals surface area contributed by atoms with E-state index in [1.54, 1.807) is 18.4 Å². The smallest absolute Gasteiger partial charge is 0.137 e. The minimum absolute atomic E-state index is 0.235. The molecule has 31 heavy (non-hydrogen) atoms. The number of halogens is 1. The fourth-order valence-corrected chi connectivity index (χ4v) is 4.21. The second-order valence-corrected chi connectivity index (χ2v) is 8.36. The Balaban J connectivity index is 1.70. The van der Waals surface area contributed by atoms with E-state index in [1.165, 1.54) is 17.7 Å². The fourth-order valence-electron chi connectivity index (χ4n) is 4.21. The van der Waals surface area contributed by atoms with Gasteiger partial charge in [-0.3, -0.25) is 4.90 Å². The van der Waals surface area contributed by atoms with E-state index in [4.69, 9.17) is 9.52 Å². The first-order chi connectivity index (χ1) is 15.0. The molecule has 1 aliphatic rings. The summed E-state index contributed by atoms with van der Waals surface area (Å²) in [4.78, 5) is 7.19. The molecule has 6 nitrogen and oxygen atoms in total. The highest BCUT2D eigenvalue weighted by molar-refractivity contribution is 5.55. The van der Waals surface area contributed by atoms with Crippen molar-refractivity contribution in [1.82, 2.24) is 19.6 Å². The van der Waals surface area contributed by atoms with Gasteiger partial charge in [0.05, 0.1) is 24.2 Å². The molecular weight excluding hydrogens is 393 g/mol. The summed E-state index contributed by atoms with van der Waals surface area (Å²) in [5.41, 5.74) is 3.13. The molecule has 0 bridgehead atoms. The van der Waals surface area contributed by atoms with Gasteiger partial charge in [0.2, 0.25) is 0 Å². The lowest BCUT2D eigenvalue weighted by Gasteiger charge is -2.35. The van der Waals surface area contributed by atoms with Crippen LogP contribution in [0.2, 0.25) is 0 Å². The van der Waals surface area contributed by atoms with Crippen molar-refractivity contribution in [2.45, 2.75) is 33.4 Å². The van der Waals surface area contributed by atoms with E-state index in [0.717, 1.165) is 75.2 Å². The van der Waals surface area contributed by atoms with Crippen LogP contribution in [0.1, 0.15) is 30.4 Å². The fraction of sp³-hybridized carbons (Fsp3) is 0.458. The number of benzene rings is 1. The Labute approximate surface area is 183 Å². The molecule has 0 unspecified atom stereocenters. The number of aryl methyl sites for hydroxylation is 1. The van der Waals surface area contributed by atoms with Crippen LogP contribution >= 0.6 is 0 Å². The Morgan fingerprint density at radius 2 is 1.81 bits per heavy atom. The van der Waals surface area contributed by atoms with Gasteiger partial charge in [0.25, 0.3) is 0 Å². The van der Waals surface area contributed by atoms with E-state index < -0.39 is 0 Å². The Morgan fingerprint density at radius 1 is 1.06 bits per heavy atom. The van der Waals surface area contributed by atoms with Crippen LogP contribution in [-0.2, 0) is 13.1 Å². The van der Waals surface area contributed by atoms with E-state index in [-0.39, 0.29) is 5.82 Å². The van der Waals surface area contributed by atoms with E-state index >= 15 is 0 Å². The van der Waals surface area contributed by atoms with Gasteiger partial charge >= 0.3 is 0 Å². The first-order valence-corrected chi connectivity index (χ1v) is 11.1. The summed E-state index contributed by atoms with van der Waals surface area (Å²) in [6, 6.07) is 10.6. The maximum absolute atomic E-state index is 13.6. The molecule has 3 aromatic rings. The van der Waals surface area contributed by atoms with Gasteiger partial charge < -0.3 is 14.2 Å². The number of anilines is 1. The average Bonchev–Trinajstić information content (AvgIpc) is 3.38. The van der Waals surface area contributed by atoms with Crippen molar-refractivity contribution >= 4 is 5.82 Å². The summed E-state index contributed by atoms with van der Waals surface area (Å²) in [5.74, 6) is 1.86. The topological polar surface area (TPSA) is 40.7 Å². The lowest BCUT2D eigenvalue weighted by molar-refractivity contribution is 0.235. The van der Waals surface area contributed by atoms with Crippen LogP contribution in [0.4, 0.5) is 10.2 Å². The number of hydrogen-bond acceptors (Lipinski definition) is 5. The molecule has 0 saturated carbocycles. The first kappa shape index (κ1) is 21.6. The highest BCUT2D eigenvalue weighted by atomic mass is 19.1. The van der Waals surface area contributed by atoms with Crippen LogP contribution in [0, 0.1) is 12.7 Å². The first-order valence-electron chi connectivity index (χ1n) is 11.1. The standard InChI is InChI=1S/C24H32FN5O/c1-4-11-28(17-22-6-5-16-31-22)18-23-19(2)26-30(21-9-7-20(25)8-10-21)24(23)29-14-12-27(3)13-15-29/h5-10,16H,4,11-15,17-18H2,1-3H3. The highest BCUT2D eigenvalue weighted by Crippen LogP contribution is 2.30. The van der Waals surface area contributed by atoms with Crippen LogP contribution in [0.15, 0.2) is 47.1 Å². The third-order valence-corrected chi connectivity index (χ3v) is 5.91. The molecule has 1 saturated heterocycles. The monoisotopic (exact) mass is 425 g/mol. The molecule has 0 N–H and O–H groups in total. The van der Waals surface area contributed by atoms with Crippen molar-refractivity contribution < 1.29 is 8.81 Å². The zero-order chi connectivity index (χ0) is 21.8. The molecule has 0 spiro atoms. The molecule has 1 aliphatic heterocycles. The number of furan rings is 1. The number of nitrogens with zero attached hydrogens (tertiary/aromatic N) is 5. The summed E-state index contributed by atoms with van der Waals surface area (Å²) < 4.78 is 21.2. The second-order valence-electron chi connectivity index (χ2n) is 8.36. The normalized spacial score (nSPS) is 15.2. The lowest BCUT2D eigenvalue weighted by atomic mass is 10.1. The Morgan fingerprint density at radius 3 is 2.45 bits per heavy atom. The molecule has 0 amide bonds. The molecule has 3 heterocycles. The van der Waals surface area contributed by atoms with Crippen LogP contribution in [-0.4, -0.2) is 59.4 Å². The summed E-state index contributed by atoms with van der Waals surface area (Å²) in [5, 5.41) is 4.90. The maximum Gasteiger partial charge on any atom is 0.137 e. The van der Waals surface area contributed by atoms with Crippen molar-refractivity contribution in [2.75, 3.05) is 44.7 Å². The van der Waals surface area contributed by atoms with E-state index in [1.807, 2.05) is 16.8 Å². The quantitative estimate of drug-likeness (QED) is 0.544. The predicted molar refractivity (Wildman–Crippen MR) is 121 cm³/mol. The largest absolute Gasteiger partial charge is 0.468 e. The molecular formula is C24H32FN5O. The van der Waals surface area contributed by atoms with Crippen LogP contribution < -0.4 is 4.90 Å². The van der Waals surface area contributed by atoms with Crippen molar-refractivity contribution in [3.05, 3.63) is 65.5 Å². The Bertz CT molecular complexity index is 959. The van der Waals surface area contributed by atoms with Gasteiger partial charge in [-0.2, -0.15) is 5.10 Å². The molecule has 166 valence electrons. The van der Waals surface area contributed by atoms with E-state index in [0.29, 0.717) is 0 Å². The van der Waals surface area contributed by atoms with Gasteiger partial charge in [-0.05, 0) is 63.3 Å². The van der Waals surface area contributed by atoms with Gasteiger partial charge in [-0.25, -0.2) is 9.07 Å². The molecule has 0 aliphatic carbocycles. The van der Waals surface area contributed by atoms with Gasteiger partial charge in [-0.15, -0.1) is 0 Å². The molecule has 7 heteroatoms. The summed E-state index contributed by atoms with van der Waals surface area (Å²) in [7, 11) is 2.16. The van der Waals surface area contributed by atoms with Gasteiger partial charge in [-0.1, -0.05) is 6.92 Å². The highest BCUT2D eigenvalue weighted by Gasteiger charge is 2.26. The molecule has 2 aromatic heterocycles. The van der Waals surface area contributed by atoms with E-state index in [9.17, 15) is 4.39 Å². The Kier molecular flexibility index (Phi) is 6.73. The third kappa shape index (κ3) is 4.99. The van der Waals surface area contributed by atoms with Gasteiger partial charge in [0.1, 0.15) is 17.4 Å². The maximum atomic E-state index is 13.6. The number of hydrogen-bond donors (Lipinski definition) is 0. The van der Waals surface area contributed by atoms with Crippen molar-refractivity contribution in [2.24, 2.45) is 0 Å². The molecule has 0 atom stereocenters. The minimum atomic E-state index is -0.235. The lowest BCUT2D eigenvalue weighted by Crippen LogP contribution is -2.45. The second kappa shape index (κ2) is 9.66. The number of likely N-dealkylation sites (N-methyl/N-ethyl adjacent to an activating group) is 1. The van der Waals surface area contributed by atoms with Crippen LogP contribution in [0.25, 0.3) is 5.69 Å². The zero-order valence-corrected chi connectivity index (χ0v) is 18.7. The third-order valence-electron chi connectivity index (χ3n) is 5.91. The van der Waals surface area contributed by atoms with Crippen molar-refractivity contribution in [1.29, 1.82) is 0 Å². The van der Waals surface area contributed by atoms with Crippen LogP contribution in [0.3, 0.4) is 0 Å². The number of rotatable bonds is 8. The molecule has 4 rings (SSSR count). The van der Waals surface area contributed by atoms with Crippen LogP contribution in [0.5, 0.6) is 0 Å². The zero-order valence-electron chi connectivity index (χ0n) is 18.7. The summed E-state index contributed by atoms with van der Waals surface area (Å²) >= 11 is 0. The van der Waals surface area contributed by atoms with Gasteiger partial charge in [0, 0.05) is 38.3 Å². The van der Waals surface area contributed by atoms with Crippen molar-refractivity contribution in [3.8, 4) is 5.69 Å². The average molecular weight is 426 g/mol. The number of piperazine rings is 1. The van der Waals surface area contributed by atoms with E-state index in [2.05, 4.69) is 35.6 Å². The predicted octanol–water partition coefficient (Wildman–Crippen LogP) is 4.08. The van der Waals surface area contributed by atoms with Crippen molar-refractivity contribution in [3.63, 3.8) is 0 Å². The minimum Gasteiger partial charge on any atom is -0.468 e. The summed E-state index contributed by atoms with van der Waals surface area (Å²) in [6.07, 6.45) is 2.79. The van der Waals surface area contributed by atoms with Gasteiger partial charge in [0.15, 0.2) is 0 Å². The molecule has 1 aromatic carbocycles. The Hall–Kier alpha value is -2.64. The molecule has 0 radical (unpaired) electrons.